The number of hydrogen-bond donors (Lipinski definition) is 1. The van der Waals surface area contributed by atoms with Crippen molar-refractivity contribution in [2.24, 2.45) is 5.73 Å². The van der Waals surface area contributed by atoms with Gasteiger partial charge in [0.25, 0.3) is 0 Å². The smallest absolute Gasteiger partial charge is 0.240 e. The number of hydrogen-bond acceptors (Lipinski definition) is 3. The van der Waals surface area contributed by atoms with E-state index >= 15 is 0 Å². The van der Waals surface area contributed by atoms with Crippen LogP contribution in [0.2, 0.25) is 0 Å². The van der Waals surface area contributed by atoms with E-state index in [0.717, 1.165) is 0 Å². The molecule has 0 saturated carbocycles. The molecule has 0 saturated heterocycles. The van der Waals surface area contributed by atoms with E-state index in [1.165, 1.54) is 0 Å². The van der Waals surface area contributed by atoms with Crippen molar-refractivity contribution in [1.82, 2.24) is 0 Å². The standard InChI is InChI=1S/C10H10BrF2NO2/c11-6-2-9-8(15-4-16-9)1-5(6)7(14)3-10(12)13/h1-2,7,10H,3-4,14H2/t7-/m1/s1. The summed E-state index contributed by atoms with van der Waals surface area (Å²) in [7, 11) is 0. The maximum absolute atomic E-state index is 12.2. The number of nitrogens with two attached hydrogens (primary N) is 1. The highest BCUT2D eigenvalue weighted by molar-refractivity contribution is 9.10. The molecule has 2 N–H and O–H groups in total. The molecule has 2 rings (SSSR count). The lowest BCUT2D eigenvalue weighted by Crippen LogP contribution is -2.14. The molecular formula is C10H10BrF2NO2. The van der Waals surface area contributed by atoms with Crippen LogP contribution in [0, 0.1) is 0 Å². The number of ether oxygens (including phenoxy) is 2. The van der Waals surface area contributed by atoms with Crippen molar-refractivity contribution in [3.63, 3.8) is 0 Å². The Labute approximate surface area is 99.7 Å². The van der Waals surface area contributed by atoms with Gasteiger partial charge in [-0.05, 0) is 17.7 Å². The molecule has 0 fully saturated rings. The monoisotopic (exact) mass is 293 g/mol. The highest BCUT2D eigenvalue weighted by Crippen LogP contribution is 2.39. The molecule has 0 radical (unpaired) electrons. The first-order valence-corrected chi connectivity index (χ1v) is 5.50. The molecule has 0 aromatic heterocycles. The van der Waals surface area contributed by atoms with Gasteiger partial charge < -0.3 is 15.2 Å². The van der Waals surface area contributed by atoms with Gasteiger partial charge in [-0.2, -0.15) is 0 Å². The second-order valence-corrected chi connectivity index (χ2v) is 4.31. The number of fused-ring (bicyclic) bond motifs is 1. The first-order chi connectivity index (χ1) is 7.58. The zero-order valence-electron chi connectivity index (χ0n) is 8.25. The Balaban J connectivity index is 2.27. The Morgan fingerprint density at radius 3 is 2.56 bits per heavy atom. The molecule has 0 spiro atoms. The highest BCUT2D eigenvalue weighted by Gasteiger charge is 2.21. The quantitative estimate of drug-likeness (QED) is 0.932. The van der Waals surface area contributed by atoms with Crippen LogP contribution in [0.1, 0.15) is 18.0 Å². The highest BCUT2D eigenvalue weighted by atomic mass is 79.9. The van der Waals surface area contributed by atoms with Crippen molar-refractivity contribution in [3.05, 3.63) is 22.2 Å². The van der Waals surface area contributed by atoms with Crippen LogP contribution in [-0.4, -0.2) is 13.2 Å². The lowest BCUT2D eigenvalue weighted by Gasteiger charge is -2.14. The molecule has 0 aliphatic carbocycles. The molecule has 88 valence electrons. The van der Waals surface area contributed by atoms with Crippen molar-refractivity contribution < 1.29 is 18.3 Å². The summed E-state index contributed by atoms with van der Waals surface area (Å²) < 4.78 is 35.4. The van der Waals surface area contributed by atoms with Crippen LogP contribution >= 0.6 is 15.9 Å². The molecule has 6 heteroatoms. The molecule has 1 atom stereocenters. The molecule has 1 aliphatic heterocycles. The van der Waals surface area contributed by atoms with Gasteiger partial charge in [0.2, 0.25) is 13.2 Å². The van der Waals surface area contributed by atoms with Gasteiger partial charge in [0.1, 0.15) is 0 Å². The summed E-state index contributed by atoms with van der Waals surface area (Å²) in [6, 6.07) is 2.60. The topological polar surface area (TPSA) is 44.5 Å². The minimum atomic E-state index is -2.42. The van der Waals surface area contributed by atoms with E-state index in [2.05, 4.69) is 15.9 Å². The van der Waals surface area contributed by atoms with E-state index in [0.29, 0.717) is 21.5 Å². The summed E-state index contributed by atoms with van der Waals surface area (Å²) in [5.41, 5.74) is 6.29. The molecule has 1 aromatic rings. The number of alkyl halides is 2. The summed E-state index contributed by atoms with van der Waals surface area (Å²) in [4.78, 5) is 0. The zero-order chi connectivity index (χ0) is 11.7. The van der Waals surface area contributed by atoms with Gasteiger partial charge in [0, 0.05) is 16.9 Å². The van der Waals surface area contributed by atoms with Crippen LogP contribution < -0.4 is 15.2 Å². The maximum Gasteiger partial charge on any atom is 0.240 e. The van der Waals surface area contributed by atoms with Gasteiger partial charge in [-0.1, -0.05) is 15.9 Å². The van der Waals surface area contributed by atoms with Gasteiger partial charge in [-0.25, -0.2) is 8.78 Å². The second-order valence-electron chi connectivity index (χ2n) is 3.46. The SMILES string of the molecule is N[C@H](CC(F)F)c1cc2c(cc1Br)OCO2. The second kappa shape index (κ2) is 4.55. The normalized spacial score (nSPS) is 15.6. The van der Waals surface area contributed by atoms with Gasteiger partial charge >= 0.3 is 0 Å². The summed E-state index contributed by atoms with van der Waals surface area (Å²) in [5, 5.41) is 0. The average Bonchev–Trinajstić information content (AvgIpc) is 2.61. The average molecular weight is 294 g/mol. The van der Waals surface area contributed by atoms with Crippen molar-refractivity contribution in [2.45, 2.75) is 18.9 Å². The first-order valence-electron chi connectivity index (χ1n) is 4.70. The fraction of sp³-hybridized carbons (Fsp3) is 0.400. The third-order valence-corrected chi connectivity index (χ3v) is 3.01. The molecule has 3 nitrogen and oxygen atoms in total. The van der Waals surface area contributed by atoms with E-state index in [4.69, 9.17) is 15.2 Å². The van der Waals surface area contributed by atoms with Crippen molar-refractivity contribution in [1.29, 1.82) is 0 Å². The summed E-state index contributed by atoms with van der Waals surface area (Å²) in [5.74, 6) is 1.14. The molecular weight excluding hydrogens is 284 g/mol. The lowest BCUT2D eigenvalue weighted by molar-refractivity contribution is 0.128. The molecule has 1 aliphatic rings. The first kappa shape index (κ1) is 11.6. The third-order valence-electron chi connectivity index (χ3n) is 2.32. The number of rotatable bonds is 3. The minimum absolute atomic E-state index is 0.148. The Hall–Kier alpha value is -0.880. The Bertz CT molecular complexity index is 401. The number of benzene rings is 1. The van der Waals surface area contributed by atoms with E-state index in [9.17, 15) is 8.78 Å². The van der Waals surface area contributed by atoms with Crippen LogP contribution in [0.25, 0.3) is 0 Å². The van der Waals surface area contributed by atoms with Crippen LogP contribution in [0.15, 0.2) is 16.6 Å². The van der Waals surface area contributed by atoms with Gasteiger partial charge in [0.05, 0.1) is 0 Å². The Morgan fingerprint density at radius 2 is 1.94 bits per heavy atom. The molecule has 1 heterocycles. The fourth-order valence-corrected chi connectivity index (χ4v) is 2.15. The van der Waals surface area contributed by atoms with Crippen molar-refractivity contribution >= 4 is 15.9 Å². The van der Waals surface area contributed by atoms with Crippen LogP contribution in [-0.2, 0) is 0 Å². The van der Waals surface area contributed by atoms with Gasteiger partial charge in [-0.3, -0.25) is 0 Å². The van der Waals surface area contributed by atoms with E-state index in [1.54, 1.807) is 12.1 Å². The van der Waals surface area contributed by atoms with E-state index in [-0.39, 0.29) is 13.2 Å². The maximum atomic E-state index is 12.2. The predicted molar refractivity (Wildman–Crippen MR) is 57.8 cm³/mol. The molecule has 0 bridgehead atoms. The minimum Gasteiger partial charge on any atom is -0.454 e. The molecule has 16 heavy (non-hydrogen) atoms. The van der Waals surface area contributed by atoms with Gasteiger partial charge in [-0.15, -0.1) is 0 Å². The van der Waals surface area contributed by atoms with E-state index < -0.39 is 12.5 Å². The number of halogens is 3. The fourth-order valence-electron chi connectivity index (χ4n) is 1.54. The predicted octanol–water partition coefficient (Wildman–Crippen LogP) is 2.83. The lowest BCUT2D eigenvalue weighted by atomic mass is 10.0. The van der Waals surface area contributed by atoms with Crippen LogP contribution in [0.3, 0.4) is 0 Å². The van der Waals surface area contributed by atoms with Crippen molar-refractivity contribution in [2.75, 3.05) is 6.79 Å². The summed E-state index contributed by atoms with van der Waals surface area (Å²) in [6.07, 6.45) is -2.80. The summed E-state index contributed by atoms with van der Waals surface area (Å²) >= 11 is 3.28. The van der Waals surface area contributed by atoms with Crippen LogP contribution in [0.5, 0.6) is 11.5 Å². The molecule has 0 amide bonds. The molecule has 1 aromatic carbocycles. The van der Waals surface area contributed by atoms with Crippen molar-refractivity contribution in [3.8, 4) is 11.5 Å². The largest absolute Gasteiger partial charge is 0.454 e. The Kier molecular flexibility index (Phi) is 3.30. The summed E-state index contributed by atoms with van der Waals surface area (Å²) in [6.45, 7) is 0.148. The van der Waals surface area contributed by atoms with E-state index in [1.807, 2.05) is 0 Å². The molecule has 0 unspecified atom stereocenters. The third kappa shape index (κ3) is 2.27. The van der Waals surface area contributed by atoms with Gasteiger partial charge in [0.15, 0.2) is 11.5 Å². The Morgan fingerprint density at radius 1 is 1.31 bits per heavy atom. The van der Waals surface area contributed by atoms with Crippen LogP contribution in [0.4, 0.5) is 8.78 Å². The zero-order valence-corrected chi connectivity index (χ0v) is 9.84.